The maximum atomic E-state index is 13.0. The van der Waals surface area contributed by atoms with Gasteiger partial charge < -0.3 is 9.47 Å². The molecule has 32 heavy (non-hydrogen) atoms. The first kappa shape index (κ1) is 24.1. The number of pyridine rings is 1. The summed E-state index contributed by atoms with van der Waals surface area (Å²) in [5.41, 5.74) is 1.39. The first-order valence-corrected chi connectivity index (χ1v) is 11.5. The fourth-order valence-corrected chi connectivity index (χ4v) is 4.11. The van der Waals surface area contributed by atoms with Crippen LogP contribution in [0.4, 0.5) is 0 Å². The Morgan fingerprint density at radius 3 is 2.41 bits per heavy atom. The molecule has 168 valence electrons. The topological polar surface area (TPSA) is 48.4 Å². The minimum Gasteiger partial charge on any atom is -0.459 e. The van der Waals surface area contributed by atoms with E-state index in [1.807, 2.05) is 81.4 Å². The predicted molar refractivity (Wildman–Crippen MR) is 130 cm³/mol. The number of hydrogen-bond donors (Lipinski definition) is 0. The predicted octanol–water partition coefficient (Wildman–Crippen LogP) is 7.69. The van der Waals surface area contributed by atoms with E-state index in [1.54, 1.807) is 6.08 Å². The van der Waals surface area contributed by atoms with E-state index in [0.29, 0.717) is 11.4 Å². The molecular weight excluding hydrogens is 445 g/mol. The van der Waals surface area contributed by atoms with Gasteiger partial charge in [-0.2, -0.15) is 0 Å². The number of benzene rings is 2. The summed E-state index contributed by atoms with van der Waals surface area (Å²) in [6.45, 7) is 6.03. The maximum absolute atomic E-state index is 13.0. The zero-order valence-electron chi connectivity index (χ0n) is 18.4. The lowest BCUT2D eigenvalue weighted by Crippen LogP contribution is -2.29. The summed E-state index contributed by atoms with van der Waals surface area (Å²) in [5, 5.41) is 0.888. The van der Waals surface area contributed by atoms with Crippen molar-refractivity contribution in [2.75, 3.05) is 0 Å². The summed E-state index contributed by atoms with van der Waals surface area (Å²) in [7, 11) is 0. The second-order valence-electron chi connectivity index (χ2n) is 7.95. The fourth-order valence-electron chi connectivity index (χ4n) is 3.79. The van der Waals surface area contributed by atoms with Crippen molar-refractivity contribution in [3.63, 3.8) is 0 Å². The standard InChI is InChI=1S/C26H27Cl2NO3/c1-4-18(14-24(27)28)25(17(2)3)26(30)31-16-19-15-23(32-20-10-6-5-7-11-20)21-12-8-9-13-22(21)29-19/h5-15,17-18,25H,4,16H2,1-3H3. The molecule has 6 heteroatoms. The summed E-state index contributed by atoms with van der Waals surface area (Å²) in [6.07, 6.45) is 2.44. The minimum atomic E-state index is -0.354. The third-order valence-electron chi connectivity index (χ3n) is 5.33. The monoisotopic (exact) mass is 471 g/mol. The molecule has 2 unspecified atom stereocenters. The van der Waals surface area contributed by atoms with Crippen LogP contribution in [0.5, 0.6) is 11.5 Å². The molecule has 1 aromatic heterocycles. The Morgan fingerprint density at radius 2 is 1.75 bits per heavy atom. The second-order valence-corrected chi connectivity index (χ2v) is 8.96. The van der Waals surface area contributed by atoms with Gasteiger partial charge in [0.15, 0.2) is 0 Å². The SMILES string of the molecule is CCC(C=C(Cl)Cl)C(C(=O)OCc1cc(Oc2ccccc2)c2ccccc2n1)C(C)C. The quantitative estimate of drug-likeness (QED) is 0.300. The van der Waals surface area contributed by atoms with Crippen molar-refractivity contribution in [3.05, 3.63) is 76.9 Å². The number of allylic oxidation sites excluding steroid dienone is 1. The van der Waals surface area contributed by atoms with Crippen LogP contribution in [0.2, 0.25) is 0 Å². The molecule has 0 amide bonds. The Labute approximate surface area is 199 Å². The lowest BCUT2D eigenvalue weighted by atomic mass is 9.82. The molecule has 3 aromatic rings. The highest BCUT2D eigenvalue weighted by Gasteiger charge is 2.30. The number of halogens is 2. The van der Waals surface area contributed by atoms with Crippen molar-refractivity contribution in [2.24, 2.45) is 17.8 Å². The Morgan fingerprint density at radius 1 is 1.06 bits per heavy atom. The van der Waals surface area contributed by atoms with Crippen molar-refractivity contribution in [1.82, 2.24) is 4.98 Å². The molecule has 0 fully saturated rings. The third-order valence-corrected chi connectivity index (χ3v) is 5.58. The molecule has 0 bridgehead atoms. The molecule has 0 aliphatic carbocycles. The van der Waals surface area contributed by atoms with Crippen LogP contribution in [0.25, 0.3) is 10.9 Å². The van der Waals surface area contributed by atoms with Gasteiger partial charge in [0, 0.05) is 11.5 Å². The average Bonchev–Trinajstić information content (AvgIpc) is 2.77. The van der Waals surface area contributed by atoms with Crippen LogP contribution in [0.15, 0.2) is 71.2 Å². The number of aromatic nitrogens is 1. The molecule has 3 rings (SSSR count). The highest BCUT2D eigenvalue weighted by Crippen LogP contribution is 2.32. The summed E-state index contributed by atoms with van der Waals surface area (Å²) < 4.78 is 12.0. The summed E-state index contributed by atoms with van der Waals surface area (Å²) >= 11 is 11.7. The Hall–Kier alpha value is -2.56. The number of ether oxygens (including phenoxy) is 2. The van der Waals surface area contributed by atoms with Crippen LogP contribution in [0, 0.1) is 17.8 Å². The van der Waals surface area contributed by atoms with Crippen molar-refractivity contribution < 1.29 is 14.3 Å². The number of rotatable bonds is 9. The van der Waals surface area contributed by atoms with E-state index in [1.165, 1.54) is 0 Å². The van der Waals surface area contributed by atoms with Gasteiger partial charge >= 0.3 is 5.97 Å². The highest BCUT2D eigenvalue weighted by atomic mass is 35.5. The maximum Gasteiger partial charge on any atom is 0.310 e. The Balaban J connectivity index is 1.83. The van der Waals surface area contributed by atoms with Gasteiger partial charge in [-0.1, -0.05) is 80.4 Å². The number of hydrogen-bond acceptors (Lipinski definition) is 4. The van der Waals surface area contributed by atoms with Gasteiger partial charge in [-0.25, -0.2) is 4.98 Å². The molecular formula is C26H27Cl2NO3. The second kappa shape index (κ2) is 11.3. The lowest BCUT2D eigenvalue weighted by molar-refractivity contribution is -0.153. The molecule has 4 nitrogen and oxygen atoms in total. The molecule has 0 aliphatic heterocycles. The number of fused-ring (bicyclic) bond motifs is 1. The Kier molecular flexibility index (Phi) is 8.54. The molecule has 0 saturated heterocycles. The van der Waals surface area contributed by atoms with E-state index in [4.69, 9.17) is 32.7 Å². The summed E-state index contributed by atoms with van der Waals surface area (Å²) in [6, 6.07) is 19.1. The van der Waals surface area contributed by atoms with Gasteiger partial charge in [0.1, 0.15) is 22.6 Å². The van der Waals surface area contributed by atoms with Crippen molar-refractivity contribution >= 4 is 40.1 Å². The van der Waals surface area contributed by atoms with Crippen molar-refractivity contribution in [1.29, 1.82) is 0 Å². The van der Waals surface area contributed by atoms with E-state index in [9.17, 15) is 4.79 Å². The zero-order chi connectivity index (χ0) is 23.1. The van der Waals surface area contributed by atoms with E-state index in [0.717, 1.165) is 23.1 Å². The molecule has 2 atom stereocenters. The third kappa shape index (κ3) is 6.24. The first-order valence-electron chi connectivity index (χ1n) is 10.7. The van der Waals surface area contributed by atoms with Crippen LogP contribution >= 0.6 is 23.2 Å². The largest absolute Gasteiger partial charge is 0.459 e. The molecule has 0 aliphatic rings. The number of esters is 1. The average molecular weight is 472 g/mol. The zero-order valence-corrected chi connectivity index (χ0v) is 19.9. The van der Waals surface area contributed by atoms with E-state index < -0.39 is 0 Å². The molecule has 1 heterocycles. The van der Waals surface area contributed by atoms with E-state index >= 15 is 0 Å². The van der Waals surface area contributed by atoms with Gasteiger partial charge in [-0.05, 0) is 42.5 Å². The number of para-hydroxylation sites is 2. The summed E-state index contributed by atoms with van der Waals surface area (Å²) in [5.74, 6) is 0.705. The first-order chi connectivity index (χ1) is 15.4. The number of nitrogens with zero attached hydrogens (tertiary/aromatic N) is 1. The van der Waals surface area contributed by atoms with Gasteiger partial charge in [0.05, 0.1) is 17.1 Å². The van der Waals surface area contributed by atoms with Crippen LogP contribution in [0.3, 0.4) is 0 Å². The Bertz CT molecular complexity index is 1080. The van der Waals surface area contributed by atoms with Crippen molar-refractivity contribution in [2.45, 2.75) is 33.8 Å². The van der Waals surface area contributed by atoms with Crippen LogP contribution in [-0.2, 0) is 16.1 Å². The van der Waals surface area contributed by atoms with Crippen LogP contribution < -0.4 is 4.74 Å². The number of carbonyl (C=O) groups excluding carboxylic acids is 1. The molecule has 0 N–H and O–H groups in total. The molecule has 0 radical (unpaired) electrons. The molecule has 0 spiro atoms. The van der Waals surface area contributed by atoms with Crippen molar-refractivity contribution in [3.8, 4) is 11.5 Å². The number of carbonyl (C=O) groups is 1. The molecule has 2 aromatic carbocycles. The smallest absolute Gasteiger partial charge is 0.310 e. The fraction of sp³-hybridized carbons (Fsp3) is 0.308. The lowest BCUT2D eigenvalue weighted by Gasteiger charge is -2.25. The van der Waals surface area contributed by atoms with Crippen LogP contribution in [-0.4, -0.2) is 11.0 Å². The van der Waals surface area contributed by atoms with E-state index in [-0.39, 0.29) is 34.8 Å². The van der Waals surface area contributed by atoms with Gasteiger partial charge in [-0.3, -0.25) is 4.79 Å². The van der Waals surface area contributed by atoms with Crippen LogP contribution in [0.1, 0.15) is 32.9 Å². The van der Waals surface area contributed by atoms with Gasteiger partial charge in [0.25, 0.3) is 0 Å². The summed E-state index contributed by atoms with van der Waals surface area (Å²) in [4.78, 5) is 17.6. The minimum absolute atomic E-state index is 0.0484. The van der Waals surface area contributed by atoms with Gasteiger partial charge in [-0.15, -0.1) is 0 Å². The normalized spacial score (nSPS) is 12.9. The van der Waals surface area contributed by atoms with Gasteiger partial charge in [0.2, 0.25) is 0 Å². The highest BCUT2D eigenvalue weighted by molar-refractivity contribution is 6.55. The molecule has 0 saturated carbocycles. The van der Waals surface area contributed by atoms with E-state index in [2.05, 4.69) is 4.98 Å².